The number of hydrogen-bond acceptors (Lipinski definition) is 4. The van der Waals surface area contributed by atoms with E-state index in [0.717, 1.165) is 37.4 Å². The molecular formula is C25H26N2O3. The molecule has 3 aromatic carbocycles. The molecule has 5 heteroatoms. The number of nitrogens with zero attached hydrogens (tertiary/aromatic N) is 1. The van der Waals surface area contributed by atoms with E-state index in [2.05, 4.69) is 59.6 Å². The summed E-state index contributed by atoms with van der Waals surface area (Å²) in [6, 6.07) is 20.9. The number of piperidine rings is 1. The van der Waals surface area contributed by atoms with Crippen LogP contribution in [0.5, 0.6) is 11.5 Å². The van der Waals surface area contributed by atoms with Crippen LogP contribution in [0.2, 0.25) is 0 Å². The molecule has 1 atom stereocenters. The quantitative estimate of drug-likeness (QED) is 0.669. The van der Waals surface area contributed by atoms with Crippen molar-refractivity contribution in [2.75, 3.05) is 25.2 Å². The second-order valence-corrected chi connectivity index (χ2v) is 8.11. The molecule has 0 radical (unpaired) electrons. The molecule has 5 nitrogen and oxygen atoms in total. The van der Waals surface area contributed by atoms with E-state index in [1.54, 1.807) is 0 Å². The monoisotopic (exact) mass is 402 g/mol. The molecule has 0 aromatic heterocycles. The molecule has 1 N–H and O–H groups in total. The summed E-state index contributed by atoms with van der Waals surface area (Å²) in [6.07, 6.45) is 1.73. The minimum Gasteiger partial charge on any atom is -0.454 e. The van der Waals surface area contributed by atoms with Crippen molar-refractivity contribution in [1.82, 2.24) is 4.90 Å². The molecule has 5 rings (SSSR count). The molecule has 154 valence electrons. The fourth-order valence-electron chi connectivity index (χ4n) is 4.58. The Morgan fingerprint density at radius 3 is 2.63 bits per heavy atom. The predicted molar refractivity (Wildman–Crippen MR) is 118 cm³/mol. The van der Waals surface area contributed by atoms with Gasteiger partial charge in [0.1, 0.15) is 0 Å². The highest BCUT2D eigenvalue weighted by atomic mass is 16.7. The smallest absolute Gasteiger partial charge is 0.231 e. The van der Waals surface area contributed by atoms with E-state index in [0.29, 0.717) is 11.8 Å². The van der Waals surface area contributed by atoms with E-state index in [4.69, 9.17) is 9.47 Å². The maximum atomic E-state index is 12.8. The zero-order chi connectivity index (χ0) is 20.5. The number of rotatable bonds is 4. The first-order chi connectivity index (χ1) is 14.7. The number of hydrogen-bond donors (Lipinski definition) is 1. The van der Waals surface area contributed by atoms with E-state index in [1.165, 1.54) is 16.3 Å². The Kier molecular flexibility index (Phi) is 5.05. The van der Waals surface area contributed by atoms with Crippen LogP contribution in [-0.4, -0.2) is 30.7 Å². The van der Waals surface area contributed by atoms with E-state index < -0.39 is 0 Å². The predicted octanol–water partition coefficient (Wildman–Crippen LogP) is 4.98. The van der Waals surface area contributed by atoms with Crippen molar-refractivity contribution in [3.05, 3.63) is 66.2 Å². The minimum atomic E-state index is 0.0337. The molecule has 1 saturated heterocycles. The van der Waals surface area contributed by atoms with Gasteiger partial charge in [-0.3, -0.25) is 9.69 Å². The Hall–Kier alpha value is -3.05. The Labute approximate surface area is 176 Å². The van der Waals surface area contributed by atoms with E-state index >= 15 is 0 Å². The van der Waals surface area contributed by atoms with Gasteiger partial charge in [0.15, 0.2) is 11.5 Å². The average molecular weight is 402 g/mol. The molecule has 3 aromatic rings. The van der Waals surface area contributed by atoms with Gasteiger partial charge in [-0.2, -0.15) is 0 Å². The van der Waals surface area contributed by atoms with Crippen molar-refractivity contribution in [3.63, 3.8) is 0 Å². The summed E-state index contributed by atoms with van der Waals surface area (Å²) >= 11 is 0. The van der Waals surface area contributed by atoms with Gasteiger partial charge in [-0.15, -0.1) is 0 Å². The lowest BCUT2D eigenvalue weighted by atomic mass is 9.92. The molecule has 0 spiro atoms. The van der Waals surface area contributed by atoms with Crippen molar-refractivity contribution < 1.29 is 14.3 Å². The number of likely N-dealkylation sites (tertiary alicyclic amines) is 1. The fraction of sp³-hybridized carbons (Fsp3) is 0.320. The summed E-state index contributed by atoms with van der Waals surface area (Å²) < 4.78 is 10.7. The molecule has 2 aliphatic rings. The number of amides is 1. The summed E-state index contributed by atoms with van der Waals surface area (Å²) in [5.41, 5.74) is 2.12. The Balaban J connectivity index is 1.22. The maximum absolute atomic E-state index is 12.8. The number of benzene rings is 3. The van der Waals surface area contributed by atoms with Crippen LogP contribution in [0.25, 0.3) is 10.8 Å². The van der Waals surface area contributed by atoms with Crippen molar-refractivity contribution in [1.29, 1.82) is 0 Å². The van der Waals surface area contributed by atoms with Gasteiger partial charge in [0.25, 0.3) is 0 Å². The van der Waals surface area contributed by atoms with Gasteiger partial charge in [-0.1, -0.05) is 42.5 Å². The lowest BCUT2D eigenvalue weighted by Gasteiger charge is -2.36. The highest BCUT2D eigenvalue weighted by Crippen LogP contribution is 2.35. The second-order valence-electron chi connectivity index (χ2n) is 8.11. The minimum absolute atomic E-state index is 0.0337. The molecular weight excluding hydrogens is 376 g/mol. The third-order valence-electron chi connectivity index (χ3n) is 6.36. The van der Waals surface area contributed by atoms with Crippen molar-refractivity contribution >= 4 is 22.4 Å². The van der Waals surface area contributed by atoms with Crippen LogP contribution in [-0.2, 0) is 4.79 Å². The number of nitrogens with one attached hydrogen (secondary N) is 1. The lowest BCUT2D eigenvalue weighted by molar-refractivity contribution is -0.121. The van der Waals surface area contributed by atoms with Crippen LogP contribution in [0.1, 0.15) is 31.4 Å². The first-order valence-corrected chi connectivity index (χ1v) is 10.6. The SMILES string of the molecule is CC(c1cccc2ccccc12)N1CCC(C(=O)Nc2ccc3c(c2)OCO3)CC1. The number of carbonyl (C=O) groups is 1. The topological polar surface area (TPSA) is 50.8 Å². The van der Waals surface area contributed by atoms with E-state index in [9.17, 15) is 4.79 Å². The van der Waals surface area contributed by atoms with Crippen LogP contribution in [0.15, 0.2) is 60.7 Å². The van der Waals surface area contributed by atoms with Gasteiger partial charge in [0.05, 0.1) is 0 Å². The van der Waals surface area contributed by atoms with Crippen molar-refractivity contribution in [2.24, 2.45) is 5.92 Å². The Morgan fingerprint density at radius 1 is 1.00 bits per heavy atom. The van der Waals surface area contributed by atoms with E-state index in [-0.39, 0.29) is 18.6 Å². The highest BCUT2D eigenvalue weighted by molar-refractivity contribution is 5.93. The molecule has 0 saturated carbocycles. The largest absolute Gasteiger partial charge is 0.454 e. The van der Waals surface area contributed by atoms with Gasteiger partial charge in [-0.25, -0.2) is 0 Å². The van der Waals surface area contributed by atoms with Crippen LogP contribution >= 0.6 is 0 Å². The maximum Gasteiger partial charge on any atom is 0.231 e. The number of anilines is 1. The second kappa shape index (κ2) is 8.00. The zero-order valence-electron chi connectivity index (χ0n) is 17.1. The van der Waals surface area contributed by atoms with Crippen molar-refractivity contribution in [2.45, 2.75) is 25.8 Å². The average Bonchev–Trinajstić information content (AvgIpc) is 3.26. The summed E-state index contributed by atoms with van der Waals surface area (Å²) in [7, 11) is 0. The highest BCUT2D eigenvalue weighted by Gasteiger charge is 2.28. The molecule has 1 amide bonds. The molecule has 2 heterocycles. The molecule has 30 heavy (non-hydrogen) atoms. The number of carbonyl (C=O) groups excluding carboxylic acids is 1. The lowest BCUT2D eigenvalue weighted by Crippen LogP contribution is -2.39. The normalized spacial score (nSPS) is 17.8. The number of ether oxygens (including phenoxy) is 2. The Bertz CT molecular complexity index is 1070. The molecule has 2 aliphatic heterocycles. The van der Waals surface area contributed by atoms with Gasteiger partial charge in [0, 0.05) is 23.7 Å². The zero-order valence-corrected chi connectivity index (χ0v) is 17.1. The third kappa shape index (κ3) is 3.61. The Morgan fingerprint density at radius 2 is 1.77 bits per heavy atom. The fourth-order valence-corrected chi connectivity index (χ4v) is 4.58. The first kappa shape index (κ1) is 18.9. The molecule has 1 fully saturated rings. The standard InChI is InChI=1S/C25H26N2O3/c1-17(21-8-4-6-18-5-2-3-7-22(18)21)27-13-11-19(12-14-27)25(28)26-20-9-10-23-24(15-20)30-16-29-23/h2-10,15,17,19H,11-14,16H2,1H3,(H,26,28). The van der Waals surface area contributed by atoms with Gasteiger partial charge < -0.3 is 14.8 Å². The summed E-state index contributed by atoms with van der Waals surface area (Å²) in [6.45, 7) is 4.35. The van der Waals surface area contributed by atoms with Crippen molar-refractivity contribution in [3.8, 4) is 11.5 Å². The van der Waals surface area contributed by atoms with Crippen LogP contribution in [0, 0.1) is 5.92 Å². The number of fused-ring (bicyclic) bond motifs is 2. The summed E-state index contributed by atoms with van der Waals surface area (Å²) in [5, 5.41) is 5.64. The van der Waals surface area contributed by atoms with E-state index in [1.807, 2.05) is 18.2 Å². The first-order valence-electron chi connectivity index (χ1n) is 10.6. The van der Waals surface area contributed by atoms with Gasteiger partial charge in [0.2, 0.25) is 12.7 Å². The van der Waals surface area contributed by atoms with Gasteiger partial charge in [-0.05, 0) is 61.3 Å². The van der Waals surface area contributed by atoms with Crippen LogP contribution < -0.4 is 14.8 Å². The van der Waals surface area contributed by atoms with Gasteiger partial charge >= 0.3 is 0 Å². The summed E-state index contributed by atoms with van der Waals surface area (Å²) in [4.78, 5) is 15.3. The molecule has 0 aliphatic carbocycles. The molecule has 1 unspecified atom stereocenters. The third-order valence-corrected chi connectivity index (χ3v) is 6.36. The van der Waals surface area contributed by atoms with Crippen LogP contribution in [0.3, 0.4) is 0 Å². The molecule has 0 bridgehead atoms. The van der Waals surface area contributed by atoms with Crippen LogP contribution in [0.4, 0.5) is 5.69 Å². The summed E-state index contributed by atoms with van der Waals surface area (Å²) in [5.74, 6) is 1.54.